The van der Waals surface area contributed by atoms with Crippen molar-refractivity contribution in [2.45, 2.75) is 161 Å². The summed E-state index contributed by atoms with van der Waals surface area (Å²) in [5, 5.41) is 0. The lowest BCUT2D eigenvalue weighted by Gasteiger charge is -2.04. The lowest BCUT2D eigenvalue weighted by atomic mass is 10.0. The molecule has 0 saturated carbocycles. The largest absolute Gasteiger partial charge is 0.295 e. The van der Waals surface area contributed by atoms with Gasteiger partial charge in [-0.2, -0.15) is 0 Å². The molecule has 0 bridgehead atoms. The molecule has 0 N–H and O–H groups in total. The van der Waals surface area contributed by atoms with Crippen molar-refractivity contribution in [2.75, 3.05) is 0 Å². The van der Waals surface area contributed by atoms with Gasteiger partial charge in [-0.05, 0) is 12.5 Å². The summed E-state index contributed by atoms with van der Waals surface area (Å²) in [6.07, 6.45) is 34.5. The van der Waals surface area contributed by atoms with E-state index in [1.165, 1.54) is 147 Å². The van der Waals surface area contributed by atoms with E-state index in [2.05, 4.69) is 13.5 Å². The molecule has 29 heavy (non-hydrogen) atoms. The smallest absolute Gasteiger partial charge is 0.155 e. The van der Waals surface area contributed by atoms with Gasteiger partial charge in [-0.15, -0.1) is 0 Å². The number of carbonyl (C=O) groups excluding carboxylic acids is 1. The van der Waals surface area contributed by atoms with E-state index in [4.69, 9.17) is 0 Å². The van der Waals surface area contributed by atoms with Gasteiger partial charge >= 0.3 is 0 Å². The molecule has 0 aliphatic heterocycles. The molecule has 1 heteroatoms. The van der Waals surface area contributed by atoms with E-state index in [-0.39, 0.29) is 5.78 Å². The minimum absolute atomic E-state index is 0.202. The van der Waals surface area contributed by atoms with Crippen LogP contribution in [0.15, 0.2) is 12.7 Å². The van der Waals surface area contributed by atoms with Crippen LogP contribution < -0.4 is 0 Å². The molecule has 0 aliphatic carbocycles. The van der Waals surface area contributed by atoms with E-state index < -0.39 is 0 Å². The Morgan fingerprint density at radius 2 is 0.724 bits per heavy atom. The first kappa shape index (κ1) is 28.4. The Hall–Kier alpha value is -0.590. The summed E-state index contributed by atoms with van der Waals surface area (Å²) < 4.78 is 0. The number of carbonyl (C=O) groups is 1. The Labute approximate surface area is 184 Å². The predicted molar refractivity (Wildman–Crippen MR) is 132 cm³/mol. The highest BCUT2D eigenvalue weighted by atomic mass is 16.1. The summed E-state index contributed by atoms with van der Waals surface area (Å²) in [6.45, 7) is 5.82. The maximum atomic E-state index is 11.1. The molecule has 172 valence electrons. The minimum Gasteiger partial charge on any atom is -0.295 e. The molecule has 1 nitrogen and oxygen atoms in total. The SMILES string of the molecule is C=CC(=O)CCCCCCCCCCCCCCCCCCCCCCCCC. The number of ketones is 1. The summed E-state index contributed by atoms with van der Waals surface area (Å²) in [5.74, 6) is 0.202. The van der Waals surface area contributed by atoms with E-state index in [0.29, 0.717) is 6.42 Å². The Kier molecular flexibility index (Phi) is 24.9. The molecule has 0 aromatic rings. The van der Waals surface area contributed by atoms with Crippen LogP contribution in [0, 0.1) is 0 Å². The van der Waals surface area contributed by atoms with E-state index in [1.807, 2.05) is 0 Å². The van der Waals surface area contributed by atoms with Gasteiger partial charge in [0.1, 0.15) is 0 Å². The summed E-state index contributed by atoms with van der Waals surface area (Å²) in [6, 6.07) is 0. The average Bonchev–Trinajstić information content (AvgIpc) is 2.74. The molecule has 0 spiro atoms. The molecule has 0 unspecified atom stereocenters. The number of allylic oxidation sites excluding steroid dienone is 1. The van der Waals surface area contributed by atoms with Gasteiger partial charge in [-0.25, -0.2) is 0 Å². The highest BCUT2D eigenvalue weighted by molar-refractivity contribution is 5.88. The van der Waals surface area contributed by atoms with Crippen LogP contribution in [0.25, 0.3) is 0 Å². The van der Waals surface area contributed by atoms with E-state index in [1.54, 1.807) is 0 Å². The van der Waals surface area contributed by atoms with Crippen molar-refractivity contribution in [3.05, 3.63) is 12.7 Å². The lowest BCUT2D eigenvalue weighted by molar-refractivity contribution is -0.114. The van der Waals surface area contributed by atoms with Gasteiger partial charge in [0.15, 0.2) is 5.78 Å². The normalized spacial score (nSPS) is 11.1. The predicted octanol–water partition coefficient (Wildman–Crippen LogP) is 10.1. The van der Waals surface area contributed by atoms with Crippen LogP contribution in [-0.4, -0.2) is 5.78 Å². The van der Waals surface area contributed by atoms with Crippen LogP contribution in [0.4, 0.5) is 0 Å². The fourth-order valence-electron chi connectivity index (χ4n) is 4.19. The van der Waals surface area contributed by atoms with Gasteiger partial charge in [-0.1, -0.05) is 155 Å². The zero-order chi connectivity index (χ0) is 21.3. The molecular weight excluding hydrogens is 352 g/mol. The summed E-state index contributed by atoms with van der Waals surface area (Å²) in [5.41, 5.74) is 0. The molecular formula is C28H54O. The van der Waals surface area contributed by atoms with Crippen molar-refractivity contribution < 1.29 is 4.79 Å². The van der Waals surface area contributed by atoms with Crippen molar-refractivity contribution in [2.24, 2.45) is 0 Å². The van der Waals surface area contributed by atoms with Crippen molar-refractivity contribution in [1.82, 2.24) is 0 Å². The van der Waals surface area contributed by atoms with Crippen LogP contribution in [0.3, 0.4) is 0 Å². The molecule has 0 radical (unpaired) electrons. The second kappa shape index (κ2) is 25.4. The van der Waals surface area contributed by atoms with E-state index in [0.717, 1.165) is 6.42 Å². The molecule has 0 aromatic carbocycles. The highest BCUT2D eigenvalue weighted by Crippen LogP contribution is 2.15. The zero-order valence-corrected chi connectivity index (χ0v) is 20.2. The minimum atomic E-state index is 0.202. The Morgan fingerprint density at radius 3 is 0.966 bits per heavy atom. The highest BCUT2D eigenvalue weighted by Gasteiger charge is 1.97. The lowest BCUT2D eigenvalue weighted by Crippen LogP contribution is -1.91. The average molecular weight is 407 g/mol. The Morgan fingerprint density at radius 1 is 0.483 bits per heavy atom. The van der Waals surface area contributed by atoms with Gasteiger partial charge in [0.25, 0.3) is 0 Å². The summed E-state index contributed by atoms with van der Waals surface area (Å²) >= 11 is 0. The van der Waals surface area contributed by atoms with Crippen molar-refractivity contribution in [1.29, 1.82) is 0 Å². The third-order valence-corrected chi connectivity index (χ3v) is 6.25. The van der Waals surface area contributed by atoms with Gasteiger partial charge in [0, 0.05) is 6.42 Å². The molecule has 0 aromatic heterocycles. The van der Waals surface area contributed by atoms with Crippen molar-refractivity contribution >= 4 is 5.78 Å². The molecule has 0 atom stereocenters. The van der Waals surface area contributed by atoms with E-state index in [9.17, 15) is 4.79 Å². The summed E-state index contributed by atoms with van der Waals surface area (Å²) in [4.78, 5) is 11.1. The second-order valence-electron chi connectivity index (χ2n) is 9.20. The monoisotopic (exact) mass is 406 g/mol. The molecule has 0 heterocycles. The quantitative estimate of drug-likeness (QED) is 0.109. The van der Waals surface area contributed by atoms with Gasteiger partial charge < -0.3 is 0 Å². The first-order valence-corrected chi connectivity index (χ1v) is 13.5. The van der Waals surface area contributed by atoms with Crippen molar-refractivity contribution in [3.8, 4) is 0 Å². The molecule has 0 amide bonds. The fourth-order valence-corrected chi connectivity index (χ4v) is 4.19. The first-order valence-electron chi connectivity index (χ1n) is 13.5. The molecule has 0 saturated heterocycles. The molecule has 0 aliphatic rings. The number of hydrogen-bond acceptors (Lipinski definition) is 1. The molecule has 0 fully saturated rings. The molecule has 0 rings (SSSR count). The Balaban J connectivity index is 3.01. The number of rotatable bonds is 25. The standard InChI is InChI=1S/C28H54O/c1-3-5-6-7-8-9-10-11-12-13-14-15-16-17-18-19-20-21-22-23-24-25-26-27-28(29)4-2/h4H,2-3,5-27H2,1H3. The van der Waals surface area contributed by atoms with Gasteiger partial charge in [0.2, 0.25) is 0 Å². The third-order valence-electron chi connectivity index (χ3n) is 6.25. The fraction of sp³-hybridized carbons (Fsp3) is 0.893. The van der Waals surface area contributed by atoms with Crippen LogP contribution in [0.5, 0.6) is 0 Å². The van der Waals surface area contributed by atoms with Crippen LogP contribution in [0.2, 0.25) is 0 Å². The second-order valence-corrected chi connectivity index (χ2v) is 9.20. The topological polar surface area (TPSA) is 17.1 Å². The first-order chi connectivity index (χ1) is 14.3. The van der Waals surface area contributed by atoms with Crippen LogP contribution in [-0.2, 0) is 4.79 Å². The third kappa shape index (κ3) is 25.4. The van der Waals surface area contributed by atoms with Crippen molar-refractivity contribution in [3.63, 3.8) is 0 Å². The summed E-state index contributed by atoms with van der Waals surface area (Å²) in [7, 11) is 0. The number of hydrogen-bond donors (Lipinski definition) is 0. The maximum Gasteiger partial charge on any atom is 0.155 e. The van der Waals surface area contributed by atoms with Crippen LogP contribution in [0.1, 0.15) is 161 Å². The Bertz CT molecular complexity index is 333. The number of unbranched alkanes of at least 4 members (excludes halogenated alkanes) is 22. The van der Waals surface area contributed by atoms with Crippen LogP contribution >= 0.6 is 0 Å². The zero-order valence-electron chi connectivity index (χ0n) is 20.2. The van der Waals surface area contributed by atoms with E-state index >= 15 is 0 Å². The van der Waals surface area contributed by atoms with Gasteiger partial charge in [0.05, 0.1) is 0 Å². The maximum absolute atomic E-state index is 11.1. The van der Waals surface area contributed by atoms with Gasteiger partial charge in [-0.3, -0.25) is 4.79 Å².